The van der Waals surface area contributed by atoms with Gasteiger partial charge in [-0.05, 0) is 42.4 Å². The van der Waals surface area contributed by atoms with Gasteiger partial charge in [0.05, 0.1) is 0 Å². The molecular weight excluding hydrogens is 134 g/mol. The molecule has 0 radical (unpaired) electrons. The molecule has 1 nitrogen and oxygen atoms in total. The quantitative estimate of drug-likeness (QED) is 0.549. The van der Waals surface area contributed by atoms with Crippen LogP contribution in [0.15, 0.2) is 18.5 Å². The van der Waals surface area contributed by atoms with E-state index in [4.69, 9.17) is 0 Å². The van der Waals surface area contributed by atoms with Gasteiger partial charge in [0.1, 0.15) is 0 Å². The third kappa shape index (κ3) is 1.15. The topological polar surface area (TPSA) is 12.9 Å². The van der Waals surface area contributed by atoms with Crippen LogP contribution in [0.1, 0.15) is 36.8 Å². The van der Waals surface area contributed by atoms with E-state index in [9.17, 15) is 0 Å². The third-order valence-electron chi connectivity index (χ3n) is 2.56. The number of aromatic nitrogens is 1. The summed E-state index contributed by atoms with van der Waals surface area (Å²) in [5, 5.41) is 0. The summed E-state index contributed by atoms with van der Waals surface area (Å²) >= 11 is 0. The Bertz CT molecular complexity index is 255. The molecular formula is C10H13N. The van der Waals surface area contributed by atoms with E-state index in [2.05, 4.69) is 18.0 Å². The van der Waals surface area contributed by atoms with E-state index in [1.807, 2.05) is 12.4 Å². The first-order chi connectivity index (χ1) is 5.38. The molecule has 0 saturated heterocycles. The minimum atomic E-state index is 0.752. The Morgan fingerprint density at radius 3 is 3.27 bits per heavy atom. The van der Waals surface area contributed by atoms with Crippen molar-refractivity contribution in [2.75, 3.05) is 0 Å². The van der Waals surface area contributed by atoms with Crippen LogP contribution < -0.4 is 0 Å². The first-order valence-electron chi connectivity index (χ1n) is 4.30. The van der Waals surface area contributed by atoms with Crippen molar-refractivity contribution in [1.82, 2.24) is 4.98 Å². The fourth-order valence-electron chi connectivity index (χ4n) is 1.88. The molecule has 0 fully saturated rings. The highest BCUT2D eigenvalue weighted by Gasteiger charge is 2.14. The monoisotopic (exact) mass is 147 g/mol. The van der Waals surface area contributed by atoms with Gasteiger partial charge in [0.25, 0.3) is 0 Å². The van der Waals surface area contributed by atoms with E-state index < -0.39 is 0 Å². The van der Waals surface area contributed by atoms with Crippen molar-refractivity contribution in [2.24, 2.45) is 0 Å². The van der Waals surface area contributed by atoms with Gasteiger partial charge in [0.2, 0.25) is 0 Å². The predicted molar refractivity (Wildman–Crippen MR) is 45.6 cm³/mol. The highest BCUT2D eigenvalue weighted by Crippen LogP contribution is 2.29. The lowest BCUT2D eigenvalue weighted by molar-refractivity contribution is 0.588. The van der Waals surface area contributed by atoms with Gasteiger partial charge < -0.3 is 0 Å². The van der Waals surface area contributed by atoms with E-state index in [1.165, 1.54) is 30.4 Å². The molecule has 0 amide bonds. The molecule has 1 aromatic heterocycles. The normalized spacial score (nSPS) is 22.8. The molecule has 0 spiro atoms. The highest BCUT2D eigenvalue weighted by molar-refractivity contribution is 5.28. The first kappa shape index (κ1) is 6.84. The molecule has 58 valence electrons. The van der Waals surface area contributed by atoms with Gasteiger partial charge in [0.15, 0.2) is 0 Å². The maximum Gasteiger partial charge on any atom is 0.0302 e. The molecule has 0 aromatic carbocycles. The summed E-state index contributed by atoms with van der Waals surface area (Å²) in [5.74, 6) is 0.752. The van der Waals surface area contributed by atoms with Gasteiger partial charge in [-0.3, -0.25) is 4.98 Å². The summed E-state index contributed by atoms with van der Waals surface area (Å²) < 4.78 is 0. The van der Waals surface area contributed by atoms with Crippen LogP contribution in [-0.4, -0.2) is 4.98 Å². The Hall–Kier alpha value is -0.850. The zero-order valence-corrected chi connectivity index (χ0v) is 6.88. The summed E-state index contributed by atoms with van der Waals surface area (Å²) in [7, 11) is 0. The van der Waals surface area contributed by atoms with Crippen LogP contribution in [0.2, 0.25) is 0 Å². The second-order valence-electron chi connectivity index (χ2n) is 3.37. The molecule has 1 aromatic rings. The molecule has 0 bridgehead atoms. The van der Waals surface area contributed by atoms with Crippen LogP contribution in [0.3, 0.4) is 0 Å². The lowest BCUT2D eigenvalue weighted by Gasteiger charge is -2.20. The second-order valence-corrected chi connectivity index (χ2v) is 3.37. The maximum absolute atomic E-state index is 4.13. The number of pyridine rings is 1. The van der Waals surface area contributed by atoms with E-state index in [0.29, 0.717) is 0 Å². The fourth-order valence-corrected chi connectivity index (χ4v) is 1.88. The Kier molecular flexibility index (Phi) is 1.65. The molecule has 1 atom stereocenters. The smallest absolute Gasteiger partial charge is 0.0302 e. The largest absolute Gasteiger partial charge is 0.264 e. The first-order valence-corrected chi connectivity index (χ1v) is 4.30. The van der Waals surface area contributed by atoms with Crippen LogP contribution >= 0.6 is 0 Å². The second kappa shape index (κ2) is 2.65. The van der Waals surface area contributed by atoms with Crippen molar-refractivity contribution in [3.05, 3.63) is 29.6 Å². The van der Waals surface area contributed by atoms with Crippen molar-refractivity contribution >= 4 is 0 Å². The molecule has 1 aliphatic carbocycles. The zero-order valence-electron chi connectivity index (χ0n) is 6.88. The maximum atomic E-state index is 4.13. The third-order valence-corrected chi connectivity index (χ3v) is 2.56. The SMILES string of the molecule is C[C@H]1CCCc2cnccc21. The molecule has 1 heterocycles. The lowest BCUT2D eigenvalue weighted by Crippen LogP contribution is -2.06. The molecule has 2 rings (SSSR count). The number of hydrogen-bond acceptors (Lipinski definition) is 1. The van der Waals surface area contributed by atoms with E-state index in [-0.39, 0.29) is 0 Å². The number of fused-ring (bicyclic) bond motifs is 1. The molecule has 1 heteroatoms. The molecule has 1 aliphatic rings. The number of rotatable bonds is 0. The van der Waals surface area contributed by atoms with E-state index in [0.717, 1.165) is 5.92 Å². The zero-order chi connectivity index (χ0) is 7.68. The fraction of sp³-hybridized carbons (Fsp3) is 0.500. The van der Waals surface area contributed by atoms with Crippen LogP contribution in [0.25, 0.3) is 0 Å². The average Bonchev–Trinajstić information content (AvgIpc) is 2.06. The molecule has 11 heavy (non-hydrogen) atoms. The van der Waals surface area contributed by atoms with Crippen molar-refractivity contribution in [3.63, 3.8) is 0 Å². The Morgan fingerprint density at radius 2 is 2.45 bits per heavy atom. The van der Waals surface area contributed by atoms with Crippen molar-refractivity contribution in [2.45, 2.75) is 32.1 Å². The van der Waals surface area contributed by atoms with Gasteiger partial charge in [-0.15, -0.1) is 0 Å². The van der Waals surface area contributed by atoms with Gasteiger partial charge in [0, 0.05) is 12.4 Å². The highest BCUT2D eigenvalue weighted by atomic mass is 14.6. The van der Waals surface area contributed by atoms with Gasteiger partial charge in [-0.1, -0.05) is 6.92 Å². The van der Waals surface area contributed by atoms with Gasteiger partial charge in [-0.2, -0.15) is 0 Å². The van der Waals surface area contributed by atoms with Crippen LogP contribution in [0.4, 0.5) is 0 Å². The van der Waals surface area contributed by atoms with Crippen molar-refractivity contribution in [1.29, 1.82) is 0 Å². The van der Waals surface area contributed by atoms with E-state index >= 15 is 0 Å². The van der Waals surface area contributed by atoms with Crippen molar-refractivity contribution < 1.29 is 0 Å². The molecule has 0 aliphatic heterocycles. The molecule has 0 unspecified atom stereocenters. The van der Waals surface area contributed by atoms with Crippen LogP contribution in [0, 0.1) is 0 Å². The molecule has 0 N–H and O–H groups in total. The Balaban J connectivity index is 2.44. The minimum absolute atomic E-state index is 0.752. The number of hydrogen-bond donors (Lipinski definition) is 0. The van der Waals surface area contributed by atoms with Gasteiger partial charge >= 0.3 is 0 Å². The summed E-state index contributed by atoms with van der Waals surface area (Å²) in [5.41, 5.74) is 2.98. The Morgan fingerprint density at radius 1 is 1.55 bits per heavy atom. The van der Waals surface area contributed by atoms with E-state index in [1.54, 1.807) is 0 Å². The molecule has 0 saturated carbocycles. The predicted octanol–water partition coefficient (Wildman–Crippen LogP) is 2.52. The summed E-state index contributed by atoms with van der Waals surface area (Å²) in [6.07, 6.45) is 7.83. The average molecular weight is 147 g/mol. The summed E-state index contributed by atoms with van der Waals surface area (Å²) in [6.45, 7) is 2.30. The van der Waals surface area contributed by atoms with Crippen molar-refractivity contribution in [3.8, 4) is 0 Å². The standard InChI is InChI=1S/C10H13N/c1-8-3-2-4-9-7-11-6-5-10(8)9/h5-8H,2-4H2,1H3/t8-/m0/s1. The summed E-state index contributed by atoms with van der Waals surface area (Å²) in [4.78, 5) is 4.13. The Labute approximate surface area is 67.5 Å². The van der Waals surface area contributed by atoms with Crippen LogP contribution in [-0.2, 0) is 6.42 Å². The van der Waals surface area contributed by atoms with Crippen LogP contribution in [0.5, 0.6) is 0 Å². The lowest BCUT2D eigenvalue weighted by atomic mass is 9.85. The number of nitrogens with zero attached hydrogens (tertiary/aromatic N) is 1. The number of aryl methyl sites for hydroxylation is 1. The minimum Gasteiger partial charge on any atom is -0.264 e. The summed E-state index contributed by atoms with van der Waals surface area (Å²) in [6, 6.07) is 2.17. The van der Waals surface area contributed by atoms with Gasteiger partial charge in [-0.25, -0.2) is 0 Å².